The number of carbonyl (C=O) groups is 2. The molecule has 0 saturated heterocycles. The largest absolute Gasteiger partial charge is 0.496 e. The Morgan fingerprint density at radius 3 is 2.32 bits per heavy atom. The van der Waals surface area contributed by atoms with E-state index in [4.69, 9.17) is 14.2 Å². The monoisotopic (exact) mass is 588 g/mol. The SMILES string of the molecule is COC(=O)c1ccc2c(N(Cc3ccc(-c4ccc(OC)c(C)c4)cc3)C(=O)CCCOCc3ccccc3)nccc2c1. The van der Waals surface area contributed by atoms with E-state index in [1.54, 1.807) is 30.3 Å². The zero-order valence-corrected chi connectivity index (χ0v) is 25.3. The summed E-state index contributed by atoms with van der Waals surface area (Å²) in [5, 5.41) is 1.58. The van der Waals surface area contributed by atoms with Gasteiger partial charge in [0.15, 0.2) is 0 Å². The molecule has 0 N–H and O–H groups in total. The number of carbonyl (C=O) groups excluding carboxylic acids is 2. The number of esters is 1. The van der Waals surface area contributed by atoms with Gasteiger partial charge < -0.3 is 14.2 Å². The highest BCUT2D eigenvalue weighted by Crippen LogP contribution is 2.30. The van der Waals surface area contributed by atoms with Crippen molar-refractivity contribution in [1.82, 2.24) is 4.98 Å². The van der Waals surface area contributed by atoms with E-state index >= 15 is 0 Å². The van der Waals surface area contributed by atoms with E-state index in [0.29, 0.717) is 44.0 Å². The zero-order valence-electron chi connectivity index (χ0n) is 25.3. The fourth-order valence-corrected chi connectivity index (χ4v) is 5.17. The van der Waals surface area contributed by atoms with Gasteiger partial charge in [0.25, 0.3) is 0 Å². The number of benzene rings is 4. The molecule has 0 aliphatic heterocycles. The topological polar surface area (TPSA) is 78.0 Å². The molecule has 0 fully saturated rings. The first-order valence-electron chi connectivity index (χ1n) is 14.6. The molecule has 1 aromatic heterocycles. The molecule has 4 aromatic carbocycles. The van der Waals surface area contributed by atoms with Crippen LogP contribution in [-0.4, -0.2) is 37.7 Å². The lowest BCUT2D eigenvalue weighted by atomic mass is 10.0. The molecule has 0 spiro atoms. The van der Waals surface area contributed by atoms with Gasteiger partial charge in [-0.15, -0.1) is 0 Å². The van der Waals surface area contributed by atoms with E-state index in [2.05, 4.69) is 23.2 Å². The Morgan fingerprint density at radius 2 is 1.59 bits per heavy atom. The zero-order chi connectivity index (χ0) is 30.9. The molecule has 7 heteroatoms. The Morgan fingerprint density at radius 1 is 0.818 bits per heavy atom. The summed E-state index contributed by atoms with van der Waals surface area (Å²) in [6.45, 7) is 3.34. The standard InChI is InChI=1S/C37H36N2O5/c1-26-22-30(16-18-34(26)42-2)29-13-11-27(12-14-29)24-39(35(40)10-7-21-44-25-28-8-5-4-6-9-28)36-33-17-15-32(37(41)43-3)23-31(33)19-20-38-36/h4-6,8-9,11-20,22-23H,7,10,21,24-25H2,1-3H3. The summed E-state index contributed by atoms with van der Waals surface area (Å²) in [7, 11) is 3.03. The highest BCUT2D eigenvalue weighted by molar-refractivity contribution is 6.04. The molecule has 0 bridgehead atoms. The van der Waals surface area contributed by atoms with Crippen molar-refractivity contribution in [3.8, 4) is 16.9 Å². The number of ether oxygens (including phenoxy) is 3. The van der Waals surface area contributed by atoms with Crippen LogP contribution in [0.5, 0.6) is 5.75 Å². The van der Waals surface area contributed by atoms with Crippen LogP contribution in [0.1, 0.15) is 39.9 Å². The molecule has 224 valence electrons. The molecule has 7 nitrogen and oxygen atoms in total. The van der Waals surface area contributed by atoms with Crippen molar-refractivity contribution in [3.05, 3.63) is 126 Å². The van der Waals surface area contributed by atoms with Crippen LogP contribution in [0.2, 0.25) is 0 Å². The predicted octanol–water partition coefficient (Wildman–Crippen LogP) is 7.54. The van der Waals surface area contributed by atoms with Crippen molar-refractivity contribution >= 4 is 28.5 Å². The minimum Gasteiger partial charge on any atom is -0.496 e. The molecule has 0 aliphatic carbocycles. The number of methoxy groups -OCH3 is 2. The summed E-state index contributed by atoms with van der Waals surface area (Å²) in [4.78, 5) is 32.3. The Kier molecular flexibility index (Phi) is 10.00. The lowest BCUT2D eigenvalue weighted by Gasteiger charge is -2.24. The summed E-state index contributed by atoms with van der Waals surface area (Å²) in [6, 6.07) is 31.4. The maximum atomic E-state index is 13.8. The molecule has 0 radical (unpaired) electrons. The maximum Gasteiger partial charge on any atom is 0.337 e. The van der Waals surface area contributed by atoms with Crippen LogP contribution >= 0.6 is 0 Å². The van der Waals surface area contributed by atoms with Crippen LogP contribution in [0.25, 0.3) is 21.9 Å². The van der Waals surface area contributed by atoms with Crippen LogP contribution in [0.4, 0.5) is 5.82 Å². The van der Waals surface area contributed by atoms with E-state index < -0.39 is 5.97 Å². The van der Waals surface area contributed by atoms with Gasteiger partial charge in [0.2, 0.25) is 5.91 Å². The fraction of sp³-hybridized carbons (Fsp3) is 0.216. The van der Waals surface area contributed by atoms with E-state index in [1.807, 2.05) is 73.7 Å². The van der Waals surface area contributed by atoms with Gasteiger partial charge in [0.1, 0.15) is 11.6 Å². The number of aromatic nitrogens is 1. The Hall–Kier alpha value is -5.01. The second kappa shape index (κ2) is 14.4. The van der Waals surface area contributed by atoms with E-state index in [-0.39, 0.29) is 5.91 Å². The molecule has 1 amide bonds. The van der Waals surface area contributed by atoms with Gasteiger partial charge in [-0.25, -0.2) is 9.78 Å². The molecule has 0 atom stereocenters. The van der Waals surface area contributed by atoms with Gasteiger partial charge in [0, 0.05) is 24.6 Å². The van der Waals surface area contributed by atoms with Crippen molar-refractivity contribution in [3.63, 3.8) is 0 Å². The summed E-state index contributed by atoms with van der Waals surface area (Å²) in [5.41, 5.74) is 5.74. The Balaban J connectivity index is 1.37. The smallest absolute Gasteiger partial charge is 0.337 e. The number of nitrogens with zero attached hydrogens (tertiary/aromatic N) is 2. The molecule has 0 unspecified atom stereocenters. The van der Waals surface area contributed by atoms with Crippen molar-refractivity contribution in [2.24, 2.45) is 0 Å². The summed E-state index contributed by atoms with van der Waals surface area (Å²) in [6.07, 6.45) is 2.54. The second-order valence-electron chi connectivity index (χ2n) is 10.6. The van der Waals surface area contributed by atoms with Crippen molar-refractivity contribution < 1.29 is 23.8 Å². The van der Waals surface area contributed by atoms with Gasteiger partial charge in [-0.2, -0.15) is 0 Å². The minimum absolute atomic E-state index is 0.0554. The van der Waals surface area contributed by atoms with E-state index in [0.717, 1.165) is 44.3 Å². The third kappa shape index (κ3) is 7.30. The number of anilines is 1. The van der Waals surface area contributed by atoms with Crippen LogP contribution in [0.3, 0.4) is 0 Å². The fourth-order valence-electron chi connectivity index (χ4n) is 5.17. The number of hydrogen-bond donors (Lipinski definition) is 0. The van der Waals surface area contributed by atoms with E-state index in [9.17, 15) is 9.59 Å². The normalized spacial score (nSPS) is 10.9. The highest BCUT2D eigenvalue weighted by atomic mass is 16.5. The number of rotatable bonds is 12. The van der Waals surface area contributed by atoms with Crippen LogP contribution in [-0.2, 0) is 27.4 Å². The second-order valence-corrected chi connectivity index (χ2v) is 10.6. The third-order valence-electron chi connectivity index (χ3n) is 7.53. The first-order valence-corrected chi connectivity index (χ1v) is 14.6. The molecule has 5 aromatic rings. The first kappa shape index (κ1) is 30.4. The van der Waals surface area contributed by atoms with E-state index in [1.165, 1.54) is 7.11 Å². The van der Waals surface area contributed by atoms with Crippen molar-refractivity contribution in [2.75, 3.05) is 25.7 Å². The number of pyridine rings is 1. The van der Waals surface area contributed by atoms with Gasteiger partial charge in [-0.1, -0.05) is 60.7 Å². The molecule has 44 heavy (non-hydrogen) atoms. The summed E-state index contributed by atoms with van der Waals surface area (Å²) in [5.74, 6) is 0.927. The number of fused-ring (bicyclic) bond motifs is 1. The van der Waals surface area contributed by atoms with Gasteiger partial charge in [0.05, 0.1) is 32.9 Å². The Bertz CT molecular complexity index is 1740. The number of amides is 1. The van der Waals surface area contributed by atoms with Gasteiger partial charge in [-0.3, -0.25) is 9.69 Å². The molecular formula is C37H36N2O5. The van der Waals surface area contributed by atoms with Gasteiger partial charge >= 0.3 is 5.97 Å². The average molecular weight is 589 g/mol. The number of hydrogen-bond acceptors (Lipinski definition) is 6. The van der Waals surface area contributed by atoms with Crippen LogP contribution in [0, 0.1) is 6.92 Å². The van der Waals surface area contributed by atoms with Crippen molar-refractivity contribution in [1.29, 1.82) is 0 Å². The molecule has 5 rings (SSSR count). The maximum absolute atomic E-state index is 13.8. The third-order valence-corrected chi connectivity index (χ3v) is 7.53. The summed E-state index contributed by atoms with van der Waals surface area (Å²) < 4.78 is 16.1. The molecular weight excluding hydrogens is 552 g/mol. The highest BCUT2D eigenvalue weighted by Gasteiger charge is 2.21. The van der Waals surface area contributed by atoms with Gasteiger partial charge in [-0.05, 0) is 82.9 Å². The molecule has 0 saturated carbocycles. The lowest BCUT2D eigenvalue weighted by Crippen LogP contribution is -2.31. The Labute approximate surface area is 258 Å². The minimum atomic E-state index is -0.416. The summed E-state index contributed by atoms with van der Waals surface area (Å²) >= 11 is 0. The first-order chi connectivity index (χ1) is 21.5. The predicted molar refractivity (Wildman–Crippen MR) is 173 cm³/mol. The molecule has 1 heterocycles. The number of aryl methyl sites for hydroxylation is 1. The van der Waals surface area contributed by atoms with Crippen molar-refractivity contribution in [2.45, 2.75) is 32.9 Å². The quantitative estimate of drug-likeness (QED) is 0.111. The average Bonchev–Trinajstić information content (AvgIpc) is 3.06. The van der Waals surface area contributed by atoms with Crippen LogP contribution in [0.15, 0.2) is 103 Å². The molecule has 0 aliphatic rings. The van der Waals surface area contributed by atoms with Crippen LogP contribution < -0.4 is 9.64 Å². The lowest BCUT2D eigenvalue weighted by molar-refractivity contribution is -0.119.